The van der Waals surface area contributed by atoms with Gasteiger partial charge in [-0.2, -0.15) is 0 Å². The zero-order chi connectivity index (χ0) is 14.0. The van der Waals surface area contributed by atoms with E-state index in [2.05, 4.69) is 15.9 Å². The summed E-state index contributed by atoms with van der Waals surface area (Å²) < 4.78 is 11.1. The Morgan fingerprint density at radius 2 is 2.16 bits per heavy atom. The first-order chi connectivity index (χ1) is 9.06. The van der Waals surface area contributed by atoms with E-state index in [1.165, 1.54) is 7.11 Å². The van der Waals surface area contributed by atoms with Crippen molar-refractivity contribution in [1.29, 1.82) is 0 Å². The molecule has 19 heavy (non-hydrogen) atoms. The first kappa shape index (κ1) is 14.1. The maximum atomic E-state index is 12.5. The molecule has 0 saturated carbocycles. The van der Waals surface area contributed by atoms with Crippen LogP contribution >= 0.6 is 15.9 Å². The Hall–Kier alpha value is -1.27. The third-order valence-corrected chi connectivity index (χ3v) is 3.73. The highest BCUT2D eigenvalue weighted by atomic mass is 79.9. The Balaban J connectivity index is 2.37. The Bertz CT molecular complexity index is 492. The van der Waals surface area contributed by atoms with Crippen LogP contribution < -0.4 is 9.47 Å². The summed E-state index contributed by atoms with van der Waals surface area (Å²) in [5, 5.41) is 9.52. The fraction of sp³-hybridized carbons (Fsp3) is 0.462. The van der Waals surface area contributed by atoms with Gasteiger partial charge in [-0.25, -0.2) is 0 Å². The second kappa shape index (κ2) is 5.79. The Morgan fingerprint density at radius 3 is 2.68 bits per heavy atom. The second-order valence-electron chi connectivity index (χ2n) is 4.38. The molecule has 2 rings (SSSR count). The van der Waals surface area contributed by atoms with Crippen LogP contribution in [0.3, 0.4) is 0 Å². The van der Waals surface area contributed by atoms with Crippen LogP contribution in [0.25, 0.3) is 0 Å². The highest BCUT2D eigenvalue weighted by Crippen LogP contribution is 2.34. The third-order valence-electron chi connectivity index (χ3n) is 3.14. The van der Waals surface area contributed by atoms with Gasteiger partial charge >= 0.3 is 0 Å². The van der Waals surface area contributed by atoms with E-state index in [-0.39, 0.29) is 5.91 Å². The molecule has 5 nitrogen and oxygen atoms in total. The van der Waals surface area contributed by atoms with E-state index >= 15 is 0 Å². The van der Waals surface area contributed by atoms with Crippen molar-refractivity contribution in [1.82, 2.24) is 4.90 Å². The van der Waals surface area contributed by atoms with Crippen molar-refractivity contribution in [2.45, 2.75) is 12.5 Å². The van der Waals surface area contributed by atoms with Crippen LogP contribution in [-0.2, 0) is 0 Å². The van der Waals surface area contributed by atoms with E-state index in [1.807, 2.05) is 0 Å². The lowest BCUT2D eigenvalue weighted by atomic mass is 10.1. The van der Waals surface area contributed by atoms with Gasteiger partial charge in [-0.3, -0.25) is 4.79 Å². The number of aliphatic hydroxyl groups is 1. The lowest BCUT2D eigenvalue weighted by Gasteiger charge is -2.18. The van der Waals surface area contributed by atoms with Crippen LogP contribution in [0, 0.1) is 0 Å². The van der Waals surface area contributed by atoms with Gasteiger partial charge in [0.2, 0.25) is 0 Å². The number of aliphatic hydroxyl groups excluding tert-OH is 1. The number of carbonyl (C=O) groups excluding carboxylic acids is 1. The molecule has 1 aliphatic heterocycles. The molecule has 1 atom stereocenters. The molecule has 0 spiro atoms. The topological polar surface area (TPSA) is 59.0 Å². The van der Waals surface area contributed by atoms with Crippen LogP contribution in [0.2, 0.25) is 0 Å². The van der Waals surface area contributed by atoms with Crippen molar-refractivity contribution in [3.63, 3.8) is 0 Å². The van der Waals surface area contributed by atoms with Crippen LogP contribution in [0.1, 0.15) is 16.8 Å². The van der Waals surface area contributed by atoms with E-state index in [0.29, 0.717) is 41.0 Å². The number of hydrogen-bond donors (Lipinski definition) is 1. The van der Waals surface area contributed by atoms with E-state index in [9.17, 15) is 9.90 Å². The van der Waals surface area contributed by atoms with E-state index in [0.717, 1.165) is 0 Å². The molecule has 1 aromatic rings. The third kappa shape index (κ3) is 2.84. The van der Waals surface area contributed by atoms with Gasteiger partial charge in [0, 0.05) is 13.1 Å². The predicted molar refractivity (Wildman–Crippen MR) is 73.8 cm³/mol. The molecular weight excluding hydrogens is 314 g/mol. The Morgan fingerprint density at radius 1 is 1.42 bits per heavy atom. The van der Waals surface area contributed by atoms with Crippen LogP contribution in [0.4, 0.5) is 0 Å². The van der Waals surface area contributed by atoms with Gasteiger partial charge in [0.1, 0.15) is 11.5 Å². The standard InChI is InChI=1S/C13H16BrNO4/c1-18-9-5-10(12(19-2)11(14)6-9)13(17)15-4-3-8(16)7-15/h5-6,8,16H,3-4,7H2,1-2H3. The molecule has 1 saturated heterocycles. The van der Waals surface area contributed by atoms with Crippen LogP contribution in [0.15, 0.2) is 16.6 Å². The fourth-order valence-electron chi connectivity index (χ4n) is 2.15. The smallest absolute Gasteiger partial charge is 0.257 e. The summed E-state index contributed by atoms with van der Waals surface area (Å²) in [7, 11) is 3.06. The summed E-state index contributed by atoms with van der Waals surface area (Å²) >= 11 is 3.36. The van der Waals surface area contributed by atoms with E-state index in [1.54, 1.807) is 24.1 Å². The number of benzene rings is 1. The molecule has 0 aliphatic carbocycles. The van der Waals surface area contributed by atoms with Crippen molar-refractivity contribution in [3.8, 4) is 11.5 Å². The fourth-order valence-corrected chi connectivity index (χ4v) is 2.75. The number of halogens is 1. The molecular formula is C13H16BrNO4. The molecule has 6 heteroatoms. The summed E-state index contributed by atoms with van der Waals surface area (Å²) in [6, 6.07) is 3.39. The van der Waals surface area contributed by atoms with Gasteiger partial charge in [0.05, 0.1) is 30.4 Å². The SMILES string of the molecule is COc1cc(Br)c(OC)c(C(=O)N2CCC(O)C2)c1. The van der Waals surface area contributed by atoms with Crippen molar-refractivity contribution < 1.29 is 19.4 Å². The van der Waals surface area contributed by atoms with Crippen molar-refractivity contribution in [2.75, 3.05) is 27.3 Å². The number of β-amino-alcohol motifs (C(OH)–C–C–N with tert-alkyl or cyclic N) is 1. The van der Waals surface area contributed by atoms with Gasteiger partial charge in [-0.05, 0) is 34.5 Å². The highest BCUT2D eigenvalue weighted by molar-refractivity contribution is 9.10. The lowest BCUT2D eigenvalue weighted by Crippen LogP contribution is -2.29. The van der Waals surface area contributed by atoms with Gasteiger partial charge < -0.3 is 19.5 Å². The molecule has 1 fully saturated rings. The van der Waals surface area contributed by atoms with Crippen molar-refractivity contribution in [3.05, 3.63) is 22.2 Å². The molecule has 0 radical (unpaired) electrons. The number of carbonyl (C=O) groups is 1. The monoisotopic (exact) mass is 329 g/mol. The Kier molecular flexibility index (Phi) is 4.31. The molecule has 1 unspecified atom stereocenters. The molecule has 1 aliphatic rings. The van der Waals surface area contributed by atoms with Gasteiger partial charge in [-0.1, -0.05) is 0 Å². The Labute approximate surface area is 120 Å². The second-order valence-corrected chi connectivity index (χ2v) is 5.24. The minimum Gasteiger partial charge on any atom is -0.497 e. The average Bonchev–Trinajstić information content (AvgIpc) is 2.83. The van der Waals surface area contributed by atoms with Crippen LogP contribution in [0.5, 0.6) is 11.5 Å². The number of hydrogen-bond acceptors (Lipinski definition) is 4. The molecule has 1 aromatic carbocycles. The zero-order valence-electron chi connectivity index (χ0n) is 10.9. The molecule has 1 amide bonds. The number of amides is 1. The summed E-state index contributed by atoms with van der Waals surface area (Å²) in [5.41, 5.74) is 0.433. The van der Waals surface area contributed by atoms with Crippen molar-refractivity contribution >= 4 is 21.8 Å². The number of nitrogens with zero attached hydrogens (tertiary/aromatic N) is 1. The van der Waals surface area contributed by atoms with Gasteiger partial charge in [0.25, 0.3) is 5.91 Å². The minimum atomic E-state index is -0.441. The normalized spacial score (nSPS) is 18.5. The largest absolute Gasteiger partial charge is 0.497 e. The quantitative estimate of drug-likeness (QED) is 0.916. The van der Waals surface area contributed by atoms with Gasteiger partial charge in [-0.15, -0.1) is 0 Å². The van der Waals surface area contributed by atoms with E-state index in [4.69, 9.17) is 9.47 Å². The van der Waals surface area contributed by atoms with E-state index < -0.39 is 6.10 Å². The van der Waals surface area contributed by atoms with Crippen molar-refractivity contribution in [2.24, 2.45) is 0 Å². The zero-order valence-corrected chi connectivity index (χ0v) is 12.4. The molecule has 104 valence electrons. The minimum absolute atomic E-state index is 0.159. The summed E-state index contributed by atoms with van der Waals surface area (Å²) in [4.78, 5) is 14.1. The first-order valence-corrected chi connectivity index (χ1v) is 6.75. The molecule has 0 bridgehead atoms. The predicted octanol–water partition coefficient (Wildman–Crippen LogP) is 1.67. The molecule has 0 aromatic heterocycles. The maximum absolute atomic E-state index is 12.5. The summed E-state index contributed by atoms with van der Waals surface area (Å²) in [5.74, 6) is 0.899. The maximum Gasteiger partial charge on any atom is 0.257 e. The lowest BCUT2D eigenvalue weighted by molar-refractivity contribution is 0.0761. The summed E-state index contributed by atoms with van der Waals surface area (Å²) in [6.07, 6.45) is 0.170. The summed E-state index contributed by atoms with van der Waals surface area (Å²) in [6.45, 7) is 0.912. The average molecular weight is 330 g/mol. The number of likely N-dealkylation sites (tertiary alicyclic amines) is 1. The van der Waals surface area contributed by atoms with Gasteiger partial charge in [0.15, 0.2) is 0 Å². The first-order valence-electron chi connectivity index (χ1n) is 5.95. The van der Waals surface area contributed by atoms with Crippen LogP contribution in [-0.4, -0.2) is 49.3 Å². The molecule has 1 N–H and O–H groups in total. The highest BCUT2D eigenvalue weighted by Gasteiger charge is 2.28. The number of methoxy groups -OCH3 is 2. The molecule has 1 heterocycles. The number of rotatable bonds is 3. The number of ether oxygens (including phenoxy) is 2.